The molecule has 2 heterocycles. The first-order valence-electron chi connectivity index (χ1n) is 9.58. The van der Waals surface area contributed by atoms with E-state index in [1.165, 1.54) is 24.3 Å². The Hall–Kier alpha value is -3.21. The van der Waals surface area contributed by atoms with E-state index in [4.69, 9.17) is 14.6 Å². The third kappa shape index (κ3) is 6.91. The smallest absolute Gasteiger partial charge is 0.475 e. The number of carboxylic acids is 1. The van der Waals surface area contributed by atoms with Gasteiger partial charge in [-0.3, -0.25) is 4.79 Å². The number of hydrogen-bond acceptors (Lipinski definition) is 5. The van der Waals surface area contributed by atoms with Crippen LogP contribution in [0, 0.1) is 12.7 Å². The lowest BCUT2D eigenvalue weighted by molar-refractivity contribution is -0.192. The molecule has 0 saturated heterocycles. The van der Waals surface area contributed by atoms with Crippen LogP contribution >= 0.6 is 0 Å². The normalized spacial score (nSPS) is 13.6. The van der Waals surface area contributed by atoms with Crippen LogP contribution in [0.2, 0.25) is 0 Å². The highest BCUT2D eigenvalue weighted by atomic mass is 19.4. The summed E-state index contributed by atoms with van der Waals surface area (Å²) in [5, 5.41) is 7.12. The van der Waals surface area contributed by atoms with E-state index in [9.17, 15) is 22.4 Å². The number of carboxylic acid groups (broad SMARTS) is 1. The number of hydrogen-bond donors (Lipinski definition) is 1. The molecule has 3 rings (SSSR count). The van der Waals surface area contributed by atoms with Crippen LogP contribution < -0.4 is 4.90 Å². The van der Waals surface area contributed by atoms with E-state index in [0.717, 1.165) is 23.6 Å². The van der Waals surface area contributed by atoms with Crippen molar-refractivity contribution in [2.45, 2.75) is 19.6 Å². The van der Waals surface area contributed by atoms with E-state index in [1.807, 2.05) is 19.1 Å². The molecule has 1 aliphatic heterocycles. The molecule has 174 valence electrons. The van der Waals surface area contributed by atoms with Crippen LogP contribution in [0.5, 0.6) is 0 Å². The van der Waals surface area contributed by atoms with Gasteiger partial charge in [-0.05, 0) is 37.3 Å². The monoisotopic (exact) mass is 457 g/mol. The maximum atomic E-state index is 13.1. The minimum Gasteiger partial charge on any atom is -0.475 e. The van der Waals surface area contributed by atoms with Crippen LogP contribution in [0.4, 0.5) is 23.4 Å². The number of amides is 1. The number of alkyl halides is 3. The van der Waals surface area contributed by atoms with E-state index in [1.54, 1.807) is 12.0 Å². The Bertz CT molecular complexity index is 936. The Morgan fingerprint density at radius 2 is 1.75 bits per heavy atom. The SMILES string of the molecule is COCCN1CCN(C(=O)c2ccc(F)cc2)Cc2ccc(C)nc21.O=C(O)C(F)(F)F. The van der Waals surface area contributed by atoms with Gasteiger partial charge in [0, 0.05) is 50.1 Å². The van der Waals surface area contributed by atoms with Gasteiger partial charge in [0.25, 0.3) is 5.91 Å². The molecule has 32 heavy (non-hydrogen) atoms. The van der Waals surface area contributed by atoms with Crippen molar-refractivity contribution in [2.75, 3.05) is 38.3 Å². The standard InChI is InChI=1S/C19H22FN3O2.C2HF3O2/c1-14-3-4-16-13-23(19(24)15-5-7-17(20)8-6-15)10-9-22(11-12-25-2)18(16)21-14;3-2(4,5)1(6)7/h3-8H,9-13H2,1-2H3;(H,6,7). The third-order valence-electron chi connectivity index (χ3n) is 4.58. The second kappa shape index (κ2) is 10.9. The molecule has 1 aromatic carbocycles. The number of nitrogens with zero attached hydrogens (tertiary/aromatic N) is 3. The van der Waals surface area contributed by atoms with E-state index in [2.05, 4.69) is 9.88 Å². The van der Waals surface area contributed by atoms with Crippen LogP contribution in [0.25, 0.3) is 0 Å². The summed E-state index contributed by atoms with van der Waals surface area (Å²) in [4.78, 5) is 30.3. The van der Waals surface area contributed by atoms with Crippen molar-refractivity contribution < 1.29 is 37.0 Å². The third-order valence-corrected chi connectivity index (χ3v) is 4.58. The van der Waals surface area contributed by atoms with Gasteiger partial charge >= 0.3 is 12.1 Å². The van der Waals surface area contributed by atoms with E-state index >= 15 is 0 Å². The number of aliphatic carboxylic acids is 1. The number of ether oxygens (including phenoxy) is 1. The Labute approximate surface area is 182 Å². The molecule has 0 saturated carbocycles. The molecule has 11 heteroatoms. The van der Waals surface area contributed by atoms with Crippen LogP contribution in [0.1, 0.15) is 21.6 Å². The molecular formula is C21H23F4N3O4. The molecule has 0 bridgehead atoms. The number of aromatic nitrogens is 1. The summed E-state index contributed by atoms with van der Waals surface area (Å²) in [6.45, 7) is 5.03. The van der Waals surface area contributed by atoms with Crippen LogP contribution in [0.3, 0.4) is 0 Å². The summed E-state index contributed by atoms with van der Waals surface area (Å²) in [6.07, 6.45) is -5.08. The van der Waals surface area contributed by atoms with Gasteiger partial charge in [-0.25, -0.2) is 14.2 Å². The summed E-state index contributed by atoms with van der Waals surface area (Å²) < 4.78 is 50.0. The fraction of sp³-hybridized carbons (Fsp3) is 0.381. The predicted molar refractivity (Wildman–Crippen MR) is 108 cm³/mol. The van der Waals surface area contributed by atoms with Gasteiger partial charge in [0.2, 0.25) is 0 Å². The Morgan fingerprint density at radius 3 is 2.31 bits per heavy atom. The number of carbonyl (C=O) groups is 2. The van der Waals surface area contributed by atoms with E-state index in [-0.39, 0.29) is 11.7 Å². The van der Waals surface area contributed by atoms with Crippen LogP contribution in [-0.2, 0) is 16.1 Å². The molecule has 0 radical (unpaired) electrons. The maximum absolute atomic E-state index is 13.1. The summed E-state index contributed by atoms with van der Waals surface area (Å²) in [5.74, 6) is -2.29. The second-order valence-electron chi connectivity index (χ2n) is 6.95. The molecule has 7 nitrogen and oxygen atoms in total. The van der Waals surface area contributed by atoms with Gasteiger partial charge in [0.05, 0.1) is 6.61 Å². The van der Waals surface area contributed by atoms with Crippen molar-refractivity contribution in [3.05, 3.63) is 59.0 Å². The van der Waals surface area contributed by atoms with Crippen molar-refractivity contribution in [1.29, 1.82) is 0 Å². The van der Waals surface area contributed by atoms with E-state index in [0.29, 0.717) is 31.8 Å². The molecule has 2 aromatic rings. The van der Waals surface area contributed by atoms with Crippen molar-refractivity contribution in [1.82, 2.24) is 9.88 Å². The maximum Gasteiger partial charge on any atom is 0.490 e. The number of fused-ring (bicyclic) bond motifs is 1. The van der Waals surface area contributed by atoms with Gasteiger partial charge in [0.15, 0.2) is 0 Å². The minimum absolute atomic E-state index is 0.0971. The first kappa shape index (κ1) is 25.1. The van der Waals surface area contributed by atoms with Crippen molar-refractivity contribution in [3.8, 4) is 0 Å². The first-order valence-corrected chi connectivity index (χ1v) is 9.58. The molecule has 0 spiro atoms. The topological polar surface area (TPSA) is 83.0 Å². The fourth-order valence-electron chi connectivity index (χ4n) is 2.97. The largest absolute Gasteiger partial charge is 0.490 e. The van der Waals surface area contributed by atoms with Gasteiger partial charge in [-0.2, -0.15) is 13.2 Å². The Kier molecular flexibility index (Phi) is 8.53. The quantitative estimate of drug-likeness (QED) is 0.710. The van der Waals surface area contributed by atoms with Crippen molar-refractivity contribution in [3.63, 3.8) is 0 Å². The van der Waals surface area contributed by atoms with Crippen molar-refractivity contribution >= 4 is 17.7 Å². The number of aryl methyl sites for hydroxylation is 1. The van der Waals surface area contributed by atoms with Gasteiger partial charge in [-0.15, -0.1) is 0 Å². The predicted octanol–water partition coefficient (Wildman–Crippen LogP) is 3.27. The average Bonchev–Trinajstić information content (AvgIpc) is 2.91. The minimum atomic E-state index is -5.08. The summed E-state index contributed by atoms with van der Waals surface area (Å²) in [7, 11) is 1.67. The van der Waals surface area contributed by atoms with Gasteiger partial charge < -0.3 is 19.6 Å². The lowest BCUT2D eigenvalue weighted by Crippen LogP contribution is -2.36. The summed E-state index contributed by atoms with van der Waals surface area (Å²) >= 11 is 0. The lowest BCUT2D eigenvalue weighted by Gasteiger charge is -2.23. The molecule has 1 aromatic heterocycles. The number of rotatable bonds is 4. The van der Waals surface area contributed by atoms with E-state index < -0.39 is 12.1 Å². The molecule has 1 aliphatic rings. The summed E-state index contributed by atoms with van der Waals surface area (Å²) in [5.41, 5.74) is 2.45. The fourth-order valence-corrected chi connectivity index (χ4v) is 2.97. The number of halogens is 4. The molecule has 0 unspecified atom stereocenters. The highest BCUT2D eigenvalue weighted by molar-refractivity contribution is 5.94. The number of anilines is 1. The molecular weight excluding hydrogens is 434 g/mol. The highest BCUT2D eigenvalue weighted by Crippen LogP contribution is 2.24. The molecule has 0 atom stereocenters. The summed E-state index contributed by atoms with van der Waals surface area (Å²) in [6, 6.07) is 9.66. The zero-order valence-corrected chi connectivity index (χ0v) is 17.5. The zero-order valence-electron chi connectivity index (χ0n) is 17.5. The number of methoxy groups -OCH3 is 1. The zero-order chi connectivity index (χ0) is 23.9. The molecule has 0 fully saturated rings. The number of benzene rings is 1. The van der Waals surface area contributed by atoms with Gasteiger partial charge in [-0.1, -0.05) is 6.07 Å². The highest BCUT2D eigenvalue weighted by Gasteiger charge is 2.38. The first-order chi connectivity index (χ1) is 15.0. The second-order valence-corrected chi connectivity index (χ2v) is 6.95. The molecule has 1 N–H and O–H groups in total. The molecule has 0 aliphatic carbocycles. The van der Waals surface area contributed by atoms with Crippen LogP contribution in [-0.4, -0.2) is 66.4 Å². The number of carbonyl (C=O) groups excluding carboxylic acids is 1. The lowest BCUT2D eigenvalue weighted by atomic mass is 10.1. The average molecular weight is 457 g/mol. The Balaban J connectivity index is 0.000000451. The molecule has 1 amide bonds. The van der Waals surface area contributed by atoms with Gasteiger partial charge in [0.1, 0.15) is 11.6 Å². The number of pyridine rings is 1. The van der Waals surface area contributed by atoms with Crippen LogP contribution in [0.15, 0.2) is 36.4 Å². The van der Waals surface area contributed by atoms with Crippen molar-refractivity contribution in [2.24, 2.45) is 0 Å². The Morgan fingerprint density at radius 1 is 1.12 bits per heavy atom.